The molecule has 1 aliphatic heterocycles. The van der Waals surface area contributed by atoms with Crippen molar-refractivity contribution in [1.29, 1.82) is 0 Å². The Morgan fingerprint density at radius 2 is 2.06 bits per heavy atom. The van der Waals surface area contributed by atoms with Gasteiger partial charge in [0.15, 0.2) is 0 Å². The van der Waals surface area contributed by atoms with Gasteiger partial charge in [0.25, 0.3) is 0 Å². The van der Waals surface area contributed by atoms with Crippen LogP contribution in [0, 0.1) is 0 Å². The van der Waals surface area contributed by atoms with E-state index in [1.807, 2.05) is 0 Å². The van der Waals surface area contributed by atoms with Crippen molar-refractivity contribution in [3.05, 3.63) is 29.3 Å². The molecule has 0 saturated heterocycles. The molecule has 1 aliphatic rings. The summed E-state index contributed by atoms with van der Waals surface area (Å²) >= 11 is 0. The second-order valence-corrected chi connectivity index (χ2v) is 4.12. The standard InChI is InChI=1S/C12H13F3N2O/c1-17-6-5-10(16-18-2)9-4-3-8(7-11(9)17)12(13,14)15/h3-4,7H,5-6H2,1-2H3. The smallest absolute Gasteiger partial charge is 0.399 e. The highest BCUT2D eigenvalue weighted by Crippen LogP contribution is 2.35. The molecule has 1 aromatic carbocycles. The van der Waals surface area contributed by atoms with E-state index >= 15 is 0 Å². The molecular weight excluding hydrogens is 245 g/mol. The number of alkyl halides is 3. The first-order chi connectivity index (χ1) is 8.43. The van der Waals surface area contributed by atoms with Crippen LogP contribution >= 0.6 is 0 Å². The van der Waals surface area contributed by atoms with Crippen molar-refractivity contribution in [1.82, 2.24) is 0 Å². The van der Waals surface area contributed by atoms with Crippen LogP contribution in [-0.2, 0) is 11.0 Å². The van der Waals surface area contributed by atoms with Gasteiger partial charge in [-0.1, -0.05) is 11.2 Å². The van der Waals surface area contributed by atoms with Crippen LogP contribution in [0.1, 0.15) is 17.5 Å². The second kappa shape index (κ2) is 4.51. The van der Waals surface area contributed by atoms with Gasteiger partial charge in [-0.3, -0.25) is 0 Å². The van der Waals surface area contributed by atoms with Gasteiger partial charge < -0.3 is 9.74 Å². The molecule has 0 aromatic heterocycles. The highest BCUT2D eigenvalue weighted by molar-refractivity contribution is 6.06. The fourth-order valence-corrected chi connectivity index (χ4v) is 2.00. The minimum absolute atomic E-state index is 0.534. The first-order valence-corrected chi connectivity index (χ1v) is 5.46. The third-order valence-electron chi connectivity index (χ3n) is 2.93. The van der Waals surface area contributed by atoms with Crippen LogP contribution in [-0.4, -0.2) is 26.4 Å². The third-order valence-corrected chi connectivity index (χ3v) is 2.93. The number of halogens is 3. The van der Waals surface area contributed by atoms with E-state index in [2.05, 4.69) is 5.16 Å². The Morgan fingerprint density at radius 3 is 2.67 bits per heavy atom. The number of nitrogens with zero attached hydrogens (tertiary/aromatic N) is 2. The SMILES string of the molecule is CON=C1CCN(C)c2cc(C(F)(F)F)ccc21. The van der Waals surface area contributed by atoms with E-state index in [-0.39, 0.29) is 0 Å². The molecule has 1 aromatic rings. The van der Waals surface area contributed by atoms with Crippen molar-refractivity contribution in [3.63, 3.8) is 0 Å². The summed E-state index contributed by atoms with van der Waals surface area (Å²) in [6, 6.07) is 3.68. The predicted octanol–water partition coefficient (Wildman–Crippen LogP) is 2.90. The molecule has 0 unspecified atom stereocenters. The molecular formula is C12H13F3N2O. The predicted molar refractivity (Wildman–Crippen MR) is 62.9 cm³/mol. The van der Waals surface area contributed by atoms with Gasteiger partial charge in [-0.2, -0.15) is 13.2 Å². The number of anilines is 1. The van der Waals surface area contributed by atoms with Gasteiger partial charge in [0.2, 0.25) is 0 Å². The molecule has 1 heterocycles. The molecule has 98 valence electrons. The Labute approximate surface area is 103 Å². The number of hydrogen-bond acceptors (Lipinski definition) is 3. The maximum atomic E-state index is 12.7. The number of hydrogen-bond donors (Lipinski definition) is 0. The third kappa shape index (κ3) is 2.27. The lowest BCUT2D eigenvalue weighted by molar-refractivity contribution is -0.137. The zero-order chi connectivity index (χ0) is 13.3. The monoisotopic (exact) mass is 258 g/mol. The Hall–Kier alpha value is -1.72. The van der Waals surface area contributed by atoms with Gasteiger partial charge in [0, 0.05) is 31.3 Å². The van der Waals surface area contributed by atoms with E-state index in [0.717, 1.165) is 12.1 Å². The Balaban J connectivity index is 2.51. The van der Waals surface area contributed by atoms with Crippen LogP contribution in [0.2, 0.25) is 0 Å². The summed E-state index contributed by atoms with van der Waals surface area (Å²) in [6.07, 6.45) is -3.67. The summed E-state index contributed by atoms with van der Waals surface area (Å²) in [6.45, 7) is 0.622. The summed E-state index contributed by atoms with van der Waals surface area (Å²) in [5, 5.41) is 3.86. The zero-order valence-corrected chi connectivity index (χ0v) is 10.1. The van der Waals surface area contributed by atoms with Gasteiger partial charge in [0.05, 0.1) is 11.3 Å². The minimum Gasteiger partial charge on any atom is -0.399 e. The van der Waals surface area contributed by atoms with E-state index in [1.54, 1.807) is 11.9 Å². The van der Waals surface area contributed by atoms with Gasteiger partial charge in [-0.05, 0) is 12.1 Å². The lowest BCUT2D eigenvalue weighted by Crippen LogP contribution is -2.29. The Morgan fingerprint density at radius 1 is 1.33 bits per heavy atom. The molecule has 0 aliphatic carbocycles. The largest absolute Gasteiger partial charge is 0.416 e. The first kappa shape index (κ1) is 12.7. The molecule has 0 bridgehead atoms. The lowest BCUT2D eigenvalue weighted by Gasteiger charge is -2.28. The Bertz CT molecular complexity index is 483. The average molecular weight is 258 g/mol. The second-order valence-electron chi connectivity index (χ2n) is 4.12. The summed E-state index contributed by atoms with van der Waals surface area (Å²) in [5.74, 6) is 0. The number of rotatable bonds is 1. The van der Waals surface area contributed by atoms with Crippen molar-refractivity contribution >= 4 is 11.4 Å². The fourth-order valence-electron chi connectivity index (χ4n) is 2.00. The lowest BCUT2D eigenvalue weighted by atomic mass is 9.98. The van der Waals surface area contributed by atoms with Crippen LogP contribution in [0.3, 0.4) is 0 Å². The zero-order valence-electron chi connectivity index (χ0n) is 10.1. The maximum Gasteiger partial charge on any atom is 0.416 e. The van der Waals surface area contributed by atoms with E-state index in [9.17, 15) is 13.2 Å². The molecule has 0 N–H and O–H groups in total. The highest BCUT2D eigenvalue weighted by Gasteiger charge is 2.32. The molecule has 0 radical (unpaired) electrons. The Kier molecular flexibility index (Phi) is 3.19. The highest BCUT2D eigenvalue weighted by atomic mass is 19.4. The topological polar surface area (TPSA) is 24.8 Å². The van der Waals surface area contributed by atoms with E-state index < -0.39 is 11.7 Å². The quantitative estimate of drug-likeness (QED) is 0.723. The first-order valence-electron chi connectivity index (χ1n) is 5.46. The van der Waals surface area contributed by atoms with Gasteiger partial charge in [0.1, 0.15) is 7.11 Å². The molecule has 6 heteroatoms. The number of benzene rings is 1. The molecule has 0 atom stereocenters. The summed E-state index contributed by atoms with van der Waals surface area (Å²) in [4.78, 5) is 6.51. The normalized spacial score (nSPS) is 17.8. The molecule has 18 heavy (non-hydrogen) atoms. The molecule has 3 nitrogen and oxygen atoms in total. The van der Waals surface area contributed by atoms with Crippen molar-refractivity contribution in [2.75, 3.05) is 25.6 Å². The van der Waals surface area contributed by atoms with Gasteiger partial charge >= 0.3 is 6.18 Å². The van der Waals surface area contributed by atoms with Crippen LogP contribution in [0.5, 0.6) is 0 Å². The molecule has 0 amide bonds. The van der Waals surface area contributed by atoms with Gasteiger partial charge in [-0.15, -0.1) is 0 Å². The van der Waals surface area contributed by atoms with E-state index in [1.165, 1.54) is 13.2 Å². The number of fused-ring (bicyclic) bond motifs is 1. The van der Waals surface area contributed by atoms with Crippen molar-refractivity contribution in [2.24, 2.45) is 5.16 Å². The van der Waals surface area contributed by atoms with Crippen molar-refractivity contribution in [2.45, 2.75) is 12.6 Å². The van der Waals surface area contributed by atoms with Crippen LogP contribution in [0.4, 0.5) is 18.9 Å². The number of oxime groups is 1. The molecule has 0 fully saturated rings. The molecule has 0 saturated carbocycles. The molecule has 0 spiro atoms. The summed E-state index contributed by atoms with van der Waals surface area (Å²) < 4.78 is 38.0. The fraction of sp³-hybridized carbons (Fsp3) is 0.417. The minimum atomic E-state index is -4.33. The van der Waals surface area contributed by atoms with Gasteiger partial charge in [-0.25, -0.2) is 0 Å². The maximum absolute atomic E-state index is 12.7. The summed E-state index contributed by atoms with van der Waals surface area (Å²) in [7, 11) is 3.19. The van der Waals surface area contributed by atoms with Crippen LogP contribution < -0.4 is 4.90 Å². The average Bonchev–Trinajstić information content (AvgIpc) is 2.31. The van der Waals surface area contributed by atoms with Crippen molar-refractivity contribution in [3.8, 4) is 0 Å². The van der Waals surface area contributed by atoms with E-state index in [0.29, 0.717) is 29.9 Å². The summed E-state index contributed by atoms with van der Waals surface area (Å²) in [5.41, 5.74) is 1.26. The van der Waals surface area contributed by atoms with Crippen LogP contribution in [0.15, 0.2) is 23.4 Å². The molecule has 2 rings (SSSR count). The van der Waals surface area contributed by atoms with Crippen molar-refractivity contribution < 1.29 is 18.0 Å². The van der Waals surface area contributed by atoms with E-state index in [4.69, 9.17) is 4.84 Å². The van der Waals surface area contributed by atoms with Crippen LogP contribution in [0.25, 0.3) is 0 Å².